The molecule has 1 aliphatic carbocycles. The molecular formula is C14H25N5. The van der Waals surface area contributed by atoms with Crippen LogP contribution in [0.4, 0.5) is 17.3 Å². The summed E-state index contributed by atoms with van der Waals surface area (Å²) < 4.78 is 0. The molecule has 2 rings (SSSR count). The first-order chi connectivity index (χ1) is 9.20. The van der Waals surface area contributed by atoms with Crippen LogP contribution in [-0.2, 0) is 0 Å². The third-order valence-corrected chi connectivity index (χ3v) is 3.83. The minimum atomic E-state index is 0.361. The van der Waals surface area contributed by atoms with E-state index in [0.29, 0.717) is 17.8 Å². The lowest BCUT2D eigenvalue weighted by Crippen LogP contribution is -2.24. The molecule has 1 atom stereocenters. The maximum atomic E-state index is 6.15. The maximum Gasteiger partial charge on any atom is 0.155 e. The predicted octanol–water partition coefficient (Wildman–Crippen LogP) is 3.01. The molecule has 0 amide bonds. The molecule has 1 heterocycles. The molecule has 19 heavy (non-hydrogen) atoms. The number of hydrogen-bond acceptors (Lipinski definition) is 5. The smallest absolute Gasteiger partial charge is 0.155 e. The molecule has 1 saturated carbocycles. The second-order valence-electron chi connectivity index (χ2n) is 5.42. The van der Waals surface area contributed by atoms with Gasteiger partial charge in [-0.15, -0.1) is 0 Å². The van der Waals surface area contributed by atoms with Crippen molar-refractivity contribution in [2.45, 2.75) is 64.5 Å². The van der Waals surface area contributed by atoms with Gasteiger partial charge in [-0.25, -0.2) is 9.97 Å². The fourth-order valence-electron chi connectivity index (χ4n) is 2.40. The molecule has 0 saturated heterocycles. The van der Waals surface area contributed by atoms with Gasteiger partial charge in [0.1, 0.15) is 12.0 Å². The molecule has 0 radical (unpaired) electrons. The van der Waals surface area contributed by atoms with Gasteiger partial charge in [0, 0.05) is 12.1 Å². The number of rotatable bonds is 5. The Kier molecular flexibility index (Phi) is 4.82. The Balaban J connectivity index is 2.05. The van der Waals surface area contributed by atoms with E-state index >= 15 is 0 Å². The molecule has 0 spiro atoms. The predicted molar refractivity (Wildman–Crippen MR) is 80.3 cm³/mol. The van der Waals surface area contributed by atoms with Crippen molar-refractivity contribution in [2.75, 3.05) is 16.4 Å². The van der Waals surface area contributed by atoms with E-state index in [1.807, 2.05) is 0 Å². The van der Waals surface area contributed by atoms with Crippen LogP contribution in [0.3, 0.4) is 0 Å². The molecule has 0 aliphatic heterocycles. The summed E-state index contributed by atoms with van der Waals surface area (Å²) in [5.41, 5.74) is 6.79. The molecule has 106 valence electrons. The summed E-state index contributed by atoms with van der Waals surface area (Å²) in [4.78, 5) is 8.51. The second kappa shape index (κ2) is 6.59. The number of aromatic nitrogens is 2. The van der Waals surface area contributed by atoms with Crippen molar-refractivity contribution in [2.24, 2.45) is 0 Å². The van der Waals surface area contributed by atoms with Gasteiger partial charge in [-0.05, 0) is 26.2 Å². The summed E-state index contributed by atoms with van der Waals surface area (Å²) in [7, 11) is 0. The van der Waals surface area contributed by atoms with Crippen LogP contribution in [-0.4, -0.2) is 22.1 Å². The molecule has 1 aromatic rings. The van der Waals surface area contributed by atoms with Gasteiger partial charge in [0.2, 0.25) is 0 Å². The van der Waals surface area contributed by atoms with Gasteiger partial charge < -0.3 is 16.4 Å². The van der Waals surface area contributed by atoms with Gasteiger partial charge in [-0.2, -0.15) is 0 Å². The molecule has 1 fully saturated rings. The number of nitrogens with one attached hydrogen (secondary N) is 2. The summed E-state index contributed by atoms with van der Waals surface area (Å²) in [5, 5.41) is 6.79. The van der Waals surface area contributed by atoms with Gasteiger partial charge in [0.05, 0.1) is 0 Å². The Bertz CT molecular complexity index is 401. The lowest BCUT2D eigenvalue weighted by atomic mass is 9.95. The minimum absolute atomic E-state index is 0.361. The third-order valence-electron chi connectivity index (χ3n) is 3.83. The summed E-state index contributed by atoms with van der Waals surface area (Å²) in [6, 6.07) is 0.863. The highest BCUT2D eigenvalue weighted by atomic mass is 15.1. The summed E-state index contributed by atoms with van der Waals surface area (Å²) in [6.45, 7) is 4.26. The monoisotopic (exact) mass is 263 g/mol. The van der Waals surface area contributed by atoms with E-state index in [1.54, 1.807) is 6.33 Å². The second-order valence-corrected chi connectivity index (χ2v) is 5.42. The summed E-state index contributed by atoms with van der Waals surface area (Å²) in [6.07, 6.45) is 8.95. The SMILES string of the molecule is CCC(C)Nc1ncnc(NC2CCCCC2)c1N. The van der Waals surface area contributed by atoms with Gasteiger partial charge >= 0.3 is 0 Å². The average molecular weight is 263 g/mol. The quantitative estimate of drug-likeness (QED) is 0.761. The zero-order chi connectivity index (χ0) is 13.7. The fourth-order valence-corrected chi connectivity index (χ4v) is 2.40. The van der Waals surface area contributed by atoms with E-state index in [0.717, 1.165) is 18.1 Å². The Morgan fingerprint density at radius 1 is 1.26 bits per heavy atom. The van der Waals surface area contributed by atoms with Crippen LogP contribution in [0.25, 0.3) is 0 Å². The first-order valence-corrected chi connectivity index (χ1v) is 7.34. The summed E-state index contributed by atoms with van der Waals surface area (Å²) in [5.74, 6) is 1.51. The fraction of sp³-hybridized carbons (Fsp3) is 0.714. The number of nitrogens with zero attached hydrogens (tertiary/aromatic N) is 2. The Labute approximate surface area is 115 Å². The number of nitrogens with two attached hydrogens (primary N) is 1. The van der Waals surface area contributed by atoms with E-state index in [9.17, 15) is 0 Å². The Morgan fingerprint density at radius 3 is 2.63 bits per heavy atom. The maximum absolute atomic E-state index is 6.15. The van der Waals surface area contributed by atoms with Crippen molar-refractivity contribution >= 4 is 17.3 Å². The normalized spacial score (nSPS) is 18.0. The first-order valence-electron chi connectivity index (χ1n) is 7.34. The third kappa shape index (κ3) is 3.72. The topological polar surface area (TPSA) is 75.9 Å². The van der Waals surface area contributed by atoms with Crippen molar-refractivity contribution < 1.29 is 0 Å². The van der Waals surface area contributed by atoms with Crippen LogP contribution >= 0.6 is 0 Å². The van der Waals surface area contributed by atoms with Crippen molar-refractivity contribution in [3.63, 3.8) is 0 Å². The molecule has 4 N–H and O–H groups in total. The Hall–Kier alpha value is -1.52. The first kappa shape index (κ1) is 13.9. The largest absolute Gasteiger partial charge is 0.393 e. The van der Waals surface area contributed by atoms with Crippen molar-refractivity contribution in [3.8, 4) is 0 Å². The van der Waals surface area contributed by atoms with Crippen LogP contribution in [0.15, 0.2) is 6.33 Å². The van der Waals surface area contributed by atoms with Gasteiger partial charge in [-0.1, -0.05) is 26.2 Å². The van der Waals surface area contributed by atoms with Crippen LogP contribution in [0, 0.1) is 0 Å². The van der Waals surface area contributed by atoms with E-state index in [4.69, 9.17) is 5.73 Å². The van der Waals surface area contributed by atoms with Crippen LogP contribution in [0.1, 0.15) is 52.4 Å². The molecule has 0 aromatic carbocycles. The molecule has 5 nitrogen and oxygen atoms in total. The van der Waals surface area contributed by atoms with E-state index in [2.05, 4.69) is 34.4 Å². The van der Waals surface area contributed by atoms with Gasteiger partial charge in [0.25, 0.3) is 0 Å². The standard InChI is InChI=1S/C14H25N5/c1-3-10(2)18-13-12(15)14(17-9-16-13)19-11-7-5-4-6-8-11/h9-11H,3-8,15H2,1-2H3,(H2,16,17,18,19). The van der Waals surface area contributed by atoms with Crippen LogP contribution < -0.4 is 16.4 Å². The van der Waals surface area contributed by atoms with E-state index < -0.39 is 0 Å². The van der Waals surface area contributed by atoms with Crippen molar-refractivity contribution in [3.05, 3.63) is 6.33 Å². The van der Waals surface area contributed by atoms with Crippen LogP contribution in [0.5, 0.6) is 0 Å². The zero-order valence-corrected chi connectivity index (χ0v) is 11.9. The lowest BCUT2D eigenvalue weighted by molar-refractivity contribution is 0.462. The Morgan fingerprint density at radius 2 is 1.95 bits per heavy atom. The highest BCUT2D eigenvalue weighted by Gasteiger charge is 2.16. The van der Waals surface area contributed by atoms with E-state index in [1.165, 1.54) is 32.1 Å². The summed E-state index contributed by atoms with van der Waals surface area (Å²) >= 11 is 0. The number of hydrogen-bond donors (Lipinski definition) is 3. The van der Waals surface area contributed by atoms with E-state index in [-0.39, 0.29) is 0 Å². The van der Waals surface area contributed by atoms with Crippen molar-refractivity contribution in [1.29, 1.82) is 0 Å². The lowest BCUT2D eigenvalue weighted by Gasteiger charge is -2.24. The zero-order valence-electron chi connectivity index (χ0n) is 11.9. The number of nitrogen functional groups attached to an aromatic ring is 1. The minimum Gasteiger partial charge on any atom is -0.393 e. The van der Waals surface area contributed by atoms with Crippen LogP contribution in [0.2, 0.25) is 0 Å². The molecule has 1 aliphatic rings. The highest BCUT2D eigenvalue weighted by molar-refractivity contribution is 5.74. The molecule has 5 heteroatoms. The molecule has 1 unspecified atom stereocenters. The van der Waals surface area contributed by atoms with Gasteiger partial charge in [-0.3, -0.25) is 0 Å². The number of anilines is 3. The van der Waals surface area contributed by atoms with Gasteiger partial charge in [0.15, 0.2) is 11.6 Å². The average Bonchev–Trinajstić information content (AvgIpc) is 2.44. The molecular weight excluding hydrogens is 238 g/mol. The van der Waals surface area contributed by atoms with Crippen molar-refractivity contribution in [1.82, 2.24) is 9.97 Å². The molecule has 0 bridgehead atoms. The molecule has 1 aromatic heterocycles. The highest BCUT2D eigenvalue weighted by Crippen LogP contribution is 2.27.